The summed E-state index contributed by atoms with van der Waals surface area (Å²) in [7, 11) is 3.83. The Kier molecular flexibility index (Phi) is 3.99. The van der Waals surface area contributed by atoms with Crippen LogP contribution in [0.5, 0.6) is 0 Å². The molecule has 1 aliphatic rings. The Balaban J connectivity index is 1.90. The number of hydrogen-bond donors (Lipinski definition) is 2. The third-order valence-electron chi connectivity index (χ3n) is 3.05. The van der Waals surface area contributed by atoms with Crippen molar-refractivity contribution >= 4 is 17.6 Å². The summed E-state index contributed by atoms with van der Waals surface area (Å²) in [6.45, 7) is 0.439. The Morgan fingerprint density at radius 3 is 3.00 bits per heavy atom. The summed E-state index contributed by atoms with van der Waals surface area (Å²) < 4.78 is 0. The summed E-state index contributed by atoms with van der Waals surface area (Å²) in [6.07, 6.45) is 2.72. The maximum absolute atomic E-state index is 11.8. The average molecular weight is 262 g/mol. The fourth-order valence-electron chi connectivity index (χ4n) is 1.94. The zero-order chi connectivity index (χ0) is 13.8. The second-order valence-corrected chi connectivity index (χ2v) is 4.79. The number of nitrogens with one attached hydrogen (secondary N) is 2. The van der Waals surface area contributed by atoms with E-state index in [1.165, 1.54) is 0 Å². The summed E-state index contributed by atoms with van der Waals surface area (Å²) in [6, 6.07) is 3.40. The van der Waals surface area contributed by atoms with E-state index in [2.05, 4.69) is 15.6 Å². The van der Waals surface area contributed by atoms with Crippen molar-refractivity contribution in [3.63, 3.8) is 0 Å². The lowest BCUT2D eigenvalue weighted by atomic mass is 10.2. The number of anilines is 1. The van der Waals surface area contributed by atoms with Crippen molar-refractivity contribution in [2.75, 3.05) is 19.0 Å². The van der Waals surface area contributed by atoms with Crippen LogP contribution in [0, 0.1) is 0 Å². The molecule has 19 heavy (non-hydrogen) atoms. The van der Waals surface area contributed by atoms with Crippen molar-refractivity contribution in [1.82, 2.24) is 15.6 Å². The second-order valence-electron chi connectivity index (χ2n) is 4.79. The Morgan fingerprint density at radius 1 is 1.58 bits per heavy atom. The Hall–Kier alpha value is -2.11. The van der Waals surface area contributed by atoms with Gasteiger partial charge in [-0.15, -0.1) is 0 Å². The number of hydrogen-bond acceptors (Lipinski definition) is 4. The first kappa shape index (κ1) is 13.3. The highest BCUT2D eigenvalue weighted by Crippen LogP contribution is 2.10. The van der Waals surface area contributed by atoms with E-state index in [1.54, 1.807) is 6.20 Å². The molecule has 2 rings (SSSR count). The van der Waals surface area contributed by atoms with Crippen LogP contribution in [0.25, 0.3) is 0 Å². The minimum absolute atomic E-state index is 0.0565. The molecule has 2 heterocycles. The van der Waals surface area contributed by atoms with E-state index in [4.69, 9.17) is 0 Å². The molecule has 0 aromatic carbocycles. The monoisotopic (exact) mass is 262 g/mol. The Bertz CT molecular complexity index is 487. The van der Waals surface area contributed by atoms with Crippen molar-refractivity contribution in [3.8, 4) is 0 Å². The molecule has 1 aromatic heterocycles. The molecule has 0 bridgehead atoms. The van der Waals surface area contributed by atoms with E-state index in [0.717, 1.165) is 11.4 Å². The van der Waals surface area contributed by atoms with Gasteiger partial charge in [-0.05, 0) is 24.1 Å². The minimum atomic E-state index is -0.386. The third kappa shape index (κ3) is 3.43. The lowest BCUT2D eigenvalue weighted by molar-refractivity contribution is -0.125. The van der Waals surface area contributed by atoms with E-state index in [1.807, 2.05) is 31.1 Å². The number of pyridine rings is 1. The van der Waals surface area contributed by atoms with Crippen LogP contribution in [0.15, 0.2) is 18.3 Å². The largest absolute Gasteiger partial charge is 0.363 e. The first-order valence-corrected chi connectivity index (χ1v) is 6.25. The van der Waals surface area contributed by atoms with Crippen LogP contribution in [-0.4, -0.2) is 36.9 Å². The van der Waals surface area contributed by atoms with Crippen LogP contribution in [0.2, 0.25) is 0 Å². The summed E-state index contributed by atoms with van der Waals surface area (Å²) >= 11 is 0. The van der Waals surface area contributed by atoms with Crippen LogP contribution in [0.4, 0.5) is 5.82 Å². The Labute approximate surface area is 112 Å². The average Bonchev–Trinajstić information content (AvgIpc) is 2.83. The molecule has 2 N–H and O–H groups in total. The highest BCUT2D eigenvalue weighted by Gasteiger charge is 2.26. The van der Waals surface area contributed by atoms with E-state index in [-0.39, 0.29) is 17.9 Å². The highest BCUT2D eigenvalue weighted by molar-refractivity contribution is 5.90. The zero-order valence-corrected chi connectivity index (χ0v) is 11.1. The van der Waals surface area contributed by atoms with Crippen molar-refractivity contribution in [2.45, 2.75) is 25.4 Å². The molecule has 0 unspecified atom stereocenters. The SMILES string of the molecule is CN(C)c1cc(CNC(=O)[C@H]2CCC(=O)N2)ccn1. The predicted molar refractivity (Wildman–Crippen MR) is 71.6 cm³/mol. The van der Waals surface area contributed by atoms with Gasteiger partial charge in [0.1, 0.15) is 11.9 Å². The van der Waals surface area contributed by atoms with Crippen molar-refractivity contribution in [2.24, 2.45) is 0 Å². The fraction of sp³-hybridized carbons (Fsp3) is 0.462. The summed E-state index contributed by atoms with van der Waals surface area (Å²) in [4.78, 5) is 29.0. The molecule has 0 aliphatic carbocycles. The maximum atomic E-state index is 11.8. The number of carbonyl (C=O) groups excluding carboxylic acids is 2. The van der Waals surface area contributed by atoms with Gasteiger partial charge in [0.2, 0.25) is 11.8 Å². The third-order valence-corrected chi connectivity index (χ3v) is 3.05. The molecular weight excluding hydrogens is 244 g/mol. The Morgan fingerprint density at radius 2 is 2.37 bits per heavy atom. The van der Waals surface area contributed by atoms with Crippen molar-refractivity contribution < 1.29 is 9.59 Å². The molecule has 1 aliphatic heterocycles. The predicted octanol–water partition coefficient (Wildman–Crippen LogP) is 0.0424. The maximum Gasteiger partial charge on any atom is 0.242 e. The molecule has 102 valence electrons. The first-order chi connectivity index (χ1) is 9.06. The molecule has 1 atom stereocenters. The lowest BCUT2D eigenvalue weighted by Gasteiger charge is -2.14. The smallest absolute Gasteiger partial charge is 0.242 e. The first-order valence-electron chi connectivity index (χ1n) is 6.25. The normalized spacial score (nSPS) is 18.0. The van der Waals surface area contributed by atoms with E-state index in [0.29, 0.717) is 19.4 Å². The molecule has 6 nitrogen and oxygen atoms in total. The van der Waals surface area contributed by atoms with Gasteiger partial charge in [-0.2, -0.15) is 0 Å². The number of aromatic nitrogens is 1. The molecule has 6 heteroatoms. The number of rotatable bonds is 4. The minimum Gasteiger partial charge on any atom is -0.363 e. The number of amides is 2. The molecule has 1 aromatic rings. The molecule has 0 radical (unpaired) electrons. The van der Waals surface area contributed by atoms with Gasteiger partial charge in [0.25, 0.3) is 0 Å². The molecule has 1 saturated heterocycles. The standard InChI is InChI=1S/C13H18N4O2/c1-17(2)11-7-9(5-6-14-11)8-15-13(19)10-3-4-12(18)16-10/h5-7,10H,3-4,8H2,1-2H3,(H,15,19)(H,16,18)/t10-/m1/s1. The number of carbonyl (C=O) groups is 2. The van der Waals surface area contributed by atoms with Crippen LogP contribution >= 0.6 is 0 Å². The molecule has 2 amide bonds. The lowest BCUT2D eigenvalue weighted by Crippen LogP contribution is -2.41. The van der Waals surface area contributed by atoms with Gasteiger partial charge in [0.15, 0.2) is 0 Å². The van der Waals surface area contributed by atoms with Gasteiger partial charge >= 0.3 is 0 Å². The highest BCUT2D eigenvalue weighted by atomic mass is 16.2. The van der Waals surface area contributed by atoms with Crippen molar-refractivity contribution in [1.29, 1.82) is 0 Å². The summed E-state index contributed by atoms with van der Waals surface area (Å²) in [5.74, 6) is 0.661. The van der Waals surface area contributed by atoms with Gasteiger partial charge < -0.3 is 15.5 Å². The van der Waals surface area contributed by atoms with Crippen LogP contribution < -0.4 is 15.5 Å². The van der Waals surface area contributed by atoms with Crippen molar-refractivity contribution in [3.05, 3.63) is 23.9 Å². The van der Waals surface area contributed by atoms with Crippen LogP contribution in [0.1, 0.15) is 18.4 Å². The zero-order valence-electron chi connectivity index (χ0n) is 11.1. The van der Waals surface area contributed by atoms with Crippen LogP contribution in [-0.2, 0) is 16.1 Å². The fourth-order valence-corrected chi connectivity index (χ4v) is 1.94. The van der Waals surface area contributed by atoms with Gasteiger partial charge in [-0.25, -0.2) is 4.98 Å². The van der Waals surface area contributed by atoms with Crippen LogP contribution in [0.3, 0.4) is 0 Å². The molecule has 1 fully saturated rings. The van der Waals surface area contributed by atoms with Gasteiger partial charge in [0, 0.05) is 33.3 Å². The second kappa shape index (κ2) is 5.69. The van der Waals surface area contributed by atoms with E-state index in [9.17, 15) is 9.59 Å². The van der Waals surface area contributed by atoms with Gasteiger partial charge in [-0.1, -0.05) is 0 Å². The molecule has 0 saturated carbocycles. The summed E-state index contributed by atoms with van der Waals surface area (Å²) in [5, 5.41) is 5.48. The molecular formula is C13H18N4O2. The van der Waals surface area contributed by atoms with Gasteiger partial charge in [0.05, 0.1) is 0 Å². The summed E-state index contributed by atoms with van der Waals surface area (Å²) in [5.41, 5.74) is 0.983. The topological polar surface area (TPSA) is 74.3 Å². The molecule has 0 spiro atoms. The van der Waals surface area contributed by atoms with Gasteiger partial charge in [-0.3, -0.25) is 9.59 Å². The number of nitrogens with zero attached hydrogens (tertiary/aromatic N) is 2. The van der Waals surface area contributed by atoms with E-state index < -0.39 is 0 Å². The van der Waals surface area contributed by atoms with E-state index >= 15 is 0 Å². The quantitative estimate of drug-likeness (QED) is 0.803.